The second-order valence-corrected chi connectivity index (χ2v) is 2.97. The Morgan fingerprint density at radius 2 is 2.10 bits per heavy atom. The van der Waals surface area contributed by atoms with Gasteiger partial charge in [-0.2, -0.15) is 0 Å². The Morgan fingerprint density at radius 1 is 1.40 bits per heavy atom. The summed E-state index contributed by atoms with van der Waals surface area (Å²) in [5.41, 5.74) is 0.710. The van der Waals surface area contributed by atoms with E-state index < -0.39 is 0 Å². The molecule has 0 aliphatic carbocycles. The molecule has 0 aliphatic rings. The van der Waals surface area contributed by atoms with Crippen LogP contribution in [0.4, 0.5) is 4.39 Å². The van der Waals surface area contributed by atoms with Gasteiger partial charge < -0.3 is 0 Å². The normalized spacial score (nSPS) is 9.40. The van der Waals surface area contributed by atoms with Gasteiger partial charge in [0.1, 0.15) is 5.82 Å². The van der Waals surface area contributed by atoms with Crippen molar-refractivity contribution in [2.24, 2.45) is 0 Å². The molecule has 0 atom stereocenters. The lowest BCUT2D eigenvalue weighted by Gasteiger charge is -1.93. The number of hydrogen-bond acceptors (Lipinski definition) is 1. The highest BCUT2D eigenvalue weighted by atomic mass is 79.9. The van der Waals surface area contributed by atoms with Gasteiger partial charge in [-0.1, -0.05) is 28.1 Å². The molecule has 0 fully saturated rings. The summed E-state index contributed by atoms with van der Waals surface area (Å²) in [5.74, 6) is -0.273. The lowest BCUT2D eigenvalue weighted by Crippen LogP contribution is -1.80. The second kappa shape index (κ2) is 3.21. The van der Waals surface area contributed by atoms with Gasteiger partial charge in [-0.05, 0) is 23.8 Å². The van der Waals surface area contributed by atoms with Gasteiger partial charge in [0.15, 0.2) is 0 Å². The van der Waals surface area contributed by atoms with Crippen molar-refractivity contribution in [3.05, 3.63) is 34.1 Å². The molecule has 0 aliphatic heterocycles. The Balaban J connectivity index is 3.18. The molecule has 0 heterocycles. The Bertz CT molecular complexity index is 240. The van der Waals surface area contributed by atoms with Crippen molar-refractivity contribution >= 4 is 33.5 Å². The van der Waals surface area contributed by atoms with Crippen molar-refractivity contribution in [2.45, 2.75) is 0 Å². The molecule has 0 unspecified atom stereocenters. The van der Waals surface area contributed by atoms with E-state index in [4.69, 9.17) is 0 Å². The number of rotatable bonds is 1. The minimum atomic E-state index is -0.273. The molecule has 10 heavy (non-hydrogen) atoms. The quantitative estimate of drug-likeness (QED) is 0.654. The zero-order chi connectivity index (χ0) is 7.56. The number of hydrogen-bond donors (Lipinski definition) is 0. The maximum Gasteiger partial charge on any atom is 0.124 e. The summed E-state index contributed by atoms with van der Waals surface area (Å²) in [6.07, 6.45) is 0. The van der Waals surface area contributed by atoms with Crippen molar-refractivity contribution in [1.29, 1.82) is 0 Å². The predicted octanol–water partition coefficient (Wildman–Crippen LogP) is 2.94. The minimum Gasteiger partial charge on any atom is -0.207 e. The van der Waals surface area contributed by atoms with Crippen LogP contribution in [0.25, 0.3) is 0 Å². The molecule has 0 radical (unpaired) electrons. The van der Waals surface area contributed by atoms with Gasteiger partial charge in [0.05, 0.1) is 0 Å². The van der Waals surface area contributed by atoms with Crippen LogP contribution in [-0.4, -0.2) is 5.37 Å². The molecule has 0 nitrogen and oxygen atoms in total. The summed E-state index contributed by atoms with van der Waals surface area (Å²) in [4.78, 5) is 0. The predicted molar refractivity (Wildman–Crippen MR) is 46.9 cm³/mol. The average Bonchev–Trinajstić information content (AvgIpc) is 1.85. The van der Waals surface area contributed by atoms with Crippen molar-refractivity contribution in [2.75, 3.05) is 0 Å². The van der Waals surface area contributed by atoms with Crippen LogP contribution < -0.4 is 0 Å². The Morgan fingerprint density at radius 3 is 2.60 bits per heavy atom. The van der Waals surface area contributed by atoms with Gasteiger partial charge in [-0.3, -0.25) is 0 Å². The Hall–Kier alpha value is -0.280. The Labute approximate surface area is 72.2 Å². The van der Waals surface area contributed by atoms with Gasteiger partial charge >= 0.3 is 0 Å². The molecule has 0 N–H and O–H groups in total. The first-order valence-electron chi connectivity index (χ1n) is 2.63. The highest BCUT2D eigenvalue weighted by Gasteiger charge is 1.94. The number of thiocarbonyl (C=S) groups is 1. The maximum atomic E-state index is 12.5. The van der Waals surface area contributed by atoms with Crippen LogP contribution in [0.15, 0.2) is 22.7 Å². The molecule has 1 rings (SSSR count). The zero-order valence-electron chi connectivity index (χ0n) is 4.97. The summed E-state index contributed by atoms with van der Waals surface area (Å²) >= 11 is 7.77. The first kappa shape index (κ1) is 7.82. The molecular weight excluding hydrogens is 215 g/mol. The standard InChI is InChI=1S/C7H4BrFS/c8-6-1-5(4-10)2-7(9)3-6/h1-4H. The Kier molecular flexibility index (Phi) is 2.51. The van der Waals surface area contributed by atoms with Crippen molar-refractivity contribution in [1.82, 2.24) is 0 Å². The fourth-order valence-corrected chi connectivity index (χ4v) is 1.26. The highest BCUT2D eigenvalue weighted by Crippen LogP contribution is 2.13. The fourth-order valence-electron chi connectivity index (χ4n) is 0.643. The number of halogens is 2. The molecule has 0 bridgehead atoms. The van der Waals surface area contributed by atoms with E-state index in [0.717, 1.165) is 0 Å². The van der Waals surface area contributed by atoms with Gasteiger partial charge in [-0.25, -0.2) is 4.39 Å². The molecule has 1 aromatic carbocycles. The molecule has 0 saturated carbocycles. The van der Waals surface area contributed by atoms with Crippen LogP contribution in [0.1, 0.15) is 5.56 Å². The van der Waals surface area contributed by atoms with Crippen molar-refractivity contribution < 1.29 is 4.39 Å². The van der Waals surface area contributed by atoms with Gasteiger partial charge in [0.2, 0.25) is 0 Å². The van der Waals surface area contributed by atoms with Crippen LogP contribution >= 0.6 is 28.1 Å². The van der Waals surface area contributed by atoms with Crippen LogP contribution in [-0.2, 0) is 0 Å². The largest absolute Gasteiger partial charge is 0.207 e. The summed E-state index contributed by atoms with van der Waals surface area (Å²) in [7, 11) is 0. The van der Waals surface area contributed by atoms with E-state index in [-0.39, 0.29) is 5.82 Å². The molecule has 0 amide bonds. The molecular formula is C7H4BrFS. The van der Waals surface area contributed by atoms with Crippen LogP contribution in [0, 0.1) is 5.82 Å². The van der Waals surface area contributed by atoms with Gasteiger partial charge in [0, 0.05) is 9.84 Å². The van der Waals surface area contributed by atoms with E-state index in [2.05, 4.69) is 28.1 Å². The topological polar surface area (TPSA) is 0 Å². The molecule has 1 aromatic rings. The summed E-state index contributed by atoms with van der Waals surface area (Å²) in [6.45, 7) is 0. The SMILES string of the molecule is Fc1cc(Br)cc(C=S)c1. The van der Waals surface area contributed by atoms with Gasteiger partial charge in [-0.15, -0.1) is 0 Å². The summed E-state index contributed by atoms with van der Waals surface area (Å²) in [6, 6.07) is 4.54. The van der Waals surface area contributed by atoms with Crippen LogP contribution in [0.5, 0.6) is 0 Å². The average molecular weight is 219 g/mol. The third-order valence-electron chi connectivity index (χ3n) is 1.02. The van der Waals surface area contributed by atoms with Crippen molar-refractivity contribution in [3.8, 4) is 0 Å². The lowest BCUT2D eigenvalue weighted by atomic mass is 10.2. The first-order valence-corrected chi connectivity index (χ1v) is 3.90. The van der Waals surface area contributed by atoms with E-state index in [1.165, 1.54) is 17.5 Å². The summed E-state index contributed by atoms with van der Waals surface area (Å²) < 4.78 is 13.2. The third kappa shape index (κ3) is 1.85. The molecule has 3 heteroatoms. The smallest absolute Gasteiger partial charge is 0.124 e. The monoisotopic (exact) mass is 218 g/mol. The molecule has 0 saturated heterocycles. The summed E-state index contributed by atoms with van der Waals surface area (Å²) in [5, 5.41) is 1.44. The van der Waals surface area contributed by atoms with Gasteiger partial charge in [0.25, 0.3) is 0 Å². The molecule has 52 valence electrons. The molecule has 0 aromatic heterocycles. The number of benzene rings is 1. The third-order valence-corrected chi connectivity index (χ3v) is 1.75. The van der Waals surface area contributed by atoms with E-state index in [1.807, 2.05) is 0 Å². The maximum absolute atomic E-state index is 12.5. The fraction of sp³-hybridized carbons (Fsp3) is 0. The second-order valence-electron chi connectivity index (χ2n) is 1.82. The van der Waals surface area contributed by atoms with E-state index in [9.17, 15) is 4.39 Å². The minimum absolute atomic E-state index is 0.273. The van der Waals surface area contributed by atoms with Crippen molar-refractivity contribution in [3.63, 3.8) is 0 Å². The highest BCUT2D eigenvalue weighted by molar-refractivity contribution is 9.10. The van der Waals surface area contributed by atoms with E-state index >= 15 is 0 Å². The lowest BCUT2D eigenvalue weighted by molar-refractivity contribution is 0.627. The first-order chi connectivity index (χ1) is 4.72. The van der Waals surface area contributed by atoms with E-state index in [0.29, 0.717) is 10.0 Å². The van der Waals surface area contributed by atoms with E-state index in [1.54, 1.807) is 6.07 Å². The molecule has 0 spiro atoms. The van der Waals surface area contributed by atoms with Crippen LogP contribution in [0.2, 0.25) is 0 Å². The van der Waals surface area contributed by atoms with Crippen LogP contribution in [0.3, 0.4) is 0 Å². The zero-order valence-corrected chi connectivity index (χ0v) is 7.38.